The van der Waals surface area contributed by atoms with Gasteiger partial charge in [-0.2, -0.15) is 0 Å². The fourth-order valence-corrected chi connectivity index (χ4v) is 7.30. The average molecular weight is 707 g/mol. The molecule has 0 aliphatic heterocycles. The molecule has 0 atom stereocenters. The van der Waals surface area contributed by atoms with Crippen molar-refractivity contribution >= 4 is 57.0 Å². The Bertz CT molecular complexity index is 1700. The summed E-state index contributed by atoms with van der Waals surface area (Å²) in [6.45, 7) is 17.9. The Hall–Kier alpha value is -3.36. The van der Waals surface area contributed by atoms with E-state index in [1.54, 1.807) is 25.8 Å². The standard InChI is InChI=1S/C21H28O3S.C20H26O3S/c1-6-24-20(22)9-10-25-19-13-16-8-7-15(14-21(2,3)4)11-17(16)12-18(19)23-5;1-5-23-19(22)8-9-24-18-12-15-7-6-14(13-20(2,3)4)10-16(15)11-17(18)21/h7-8,11-13H,6,9-10,14H2,1-5H3;6-7,10-12,21H,5,8-9,13H2,1-4H3. The van der Waals surface area contributed by atoms with Gasteiger partial charge >= 0.3 is 11.9 Å². The van der Waals surface area contributed by atoms with Gasteiger partial charge in [-0.1, -0.05) is 77.9 Å². The molecule has 0 saturated carbocycles. The summed E-state index contributed by atoms with van der Waals surface area (Å²) < 4.78 is 15.5. The van der Waals surface area contributed by atoms with Crippen LogP contribution in [0.2, 0.25) is 0 Å². The maximum absolute atomic E-state index is 11.5. The Morgan fingerprint density at radius 3 is 1.53 bits per heavy atom. The van der Waals surface area contributed by atoms with Crippen LogP contribution in [0.25, 0.3) is 21.5 Å². The molecule has 0 aromatic heterocycles. The lowest BCUT2D eigenvalue weighted by Crippen LogP contribution is -2.08. The molecule has 49 heavy (non-hydrogen) atoms. The van der Waals surface area contributed by atoms with Gasteiger partial charge < -0.3 is 19.3 Å². The lowest BCUT2D eigenvalue weighted by Gasteiger charge is -2.18. The number of thioether (sulfide) groups is 2. The predicted octanol–water partition coefficient (Wildman–Crippen LogP) is 10.7. The molecule has 0 spiro atoms. The number of ether oxygens (including phenoxy) is 3. The van der Waals surface area contributed by atoms with Crippen LogP contribution in [0, 0.1) is 10.8 Å². The maximum atomic E-state index is 11.5. The number of aromatic hydroxyl groups is 1. The summed E-state index contributed by atoms with van der Waals surface area (Å²) in [5.41, 5.74) is 3.11. The highest BCUT2D eigenvalue weighted by Gasteiger charge is 2.15. The molecule has 0 aliphatic carbocycles. The van der Waals surface area contributed by atoms with Crippen LogP contribution >= 0.6 is 23.5 Å². The van der Waals surface area contributed by atoms with E-state index in [0.29, 0.717) is 37.6 Å². The van der Waals surface area contributed by atoms with Crippen LogP contribution in [0.3, 0.4) is 0 Å². The van der Waals surface area contributed by atoms with E-state index >= 15 is 0 Å². The lowest BCUT2D eigenvalue weighted by atomic mass is 9.87. The fraction of sp³-hybridized carbons (Fsp3) is 0.463. The number of phenolic OH excluding ortho intramolecular Hbond substituents is 1. The normalized spacial score (nSPS) is 11.6. The molecule has 4 rings (SSSR count). The van der Waals surface area contributed by atoms with Crippen LogP contribution in [-0.4, -0.2) is 48.9 Å². The van der Waals surface area contributed by atoms with E-state index in [9.17, 15) is 14.7 Å². The highest BCUT2D eigenvalue weighted by molar-refractivity contribution is 7.99. The first-order chi connectivity index (χ1) is 23.1. The molecular weight excluding hydrogens is 653 g/mol. The van der Waals surface area contributed by atoms with Gasteiger partial charge in [-0.25, -0.2) is 0 Å². The number of phenols is 1. The molecule has 0 bridgehead atoms. The minimum Gasteiger partial charge on any atom is -0.507 e. The van der Waals surface area contributed by atoms with Gasteiger partial charge in [0.2, 0.25) is 0 Å². The quantitative estimate of drug-likeness (QED) is 0.109. The van der Waals surface area contributed by atoms with Crippen molar-refractivity contribution in [2.24, 2.45) is 10.8 Å². The smallest absolute Gasteiger partial charge is 0.306 e. The predicted molar refractivity (Wildman–Crippen MR) is 206 cm³/mol. The monoisotopic (exact) mass is 706 g/mol. The van der Waals surface area contributed by atoms with Crippen molar-refractivity contribution < 1.29 is 28.9 Å². The molecule has 0 amide bonds. The third-order valence-corrected chi connectivity index (χ3v) is 9.46. The molecule has 0 heterocycles. The van der Waals surface area contributed by atoms with Gasteiger partial charge in [0.05, 0.1) is 33.2 Å². The Morgan fingerprint density at radius 2 is 1.08 bits per heavy atom. The molecule has 0 aliphatic rings. The molecule has 0 radical (unpaired) electrons. The van der Waals surface area contributed by atoms with Crippen molar-refractivity contribution in [2.75, 3.05) is 31.8 Å². The second kappa shape index (κ2) is 18.6. The van der Waals surface area contributed by atoms with Gasteiger partial charge in [0.15, 0.2) is 0 Å². The third-order valence-electron chi connectivity index (χ3n) is 7.38. The minimum atomic E-state index is -0.197. The Balaban J connectivity index is 0.000000266. The molecule has 4 aromatic rings. The van der Waals surface area contributed by atoms with Crippen LogP contribution in [0.5, 0.6) is 11.5 Å². The second-order valence-electron chi connectivity index (χ2n) is 14.5. The summed E-state index contributed by atoms with van der Waals surface area (Å²) in [5, 5.41) is 14.8. The van der Waals surface area contributed by atoms with E-state index in [2.05, 4.69) is 90.1 Å². The molecule has 0 saturated heterocycles. The first kappa shape index (κ1) is 40.1. The van der Waals surface area contributed by atoms with E-state index in [1.807, 2.05) is 19.1 Å². The highest BCUT2D eigenvalue weighted by Crippen LogP contribution is 2.36. The second-order valence-corrected chi connectivity index (χ2v) is 16.7. The fourth-order valence-electron chi connectivity index (χ4n) is 5.41. The highest BCUT2D eigenvalue weighted by atomic mass is 32.2. The van der Waals surface area contributed by atoms with E-state index in [-0.39, 0.29) is 28.5 Å². The zero-order valence-electron chi connectivity index (χ0n) is 30.7. The van der Waals surface area contributed by atoms with Gasteiger partial charge in [0, 0.05) is 21.3 Å². The molecule has 4 aromatic carbocycles. The number of hydrogen-bond donors (Lipinski definition) is 1. The Labute approximate surface area is 301 Å². The van der Waals surface area contributed by atoms with Gasteiger partial charge in [0.25, 0.3) is 0 Å². The van der Waals surface area contributed by atoms with E-state index in [1.165, 1.54) is 33.7 Å². The number of carbonyl (C=O) groups is 2. The first-order valence-corrected chi connectivity index (χ1v) is 19.0. The van der Waals surface area contributed by atoms with Gasteiger partial charge in [0.1, 0.15) is 11.5 Å². The molecular formula is C41H54O6S2. The van der Waals surface area contributed by atoms with Gasteiger partial charge in [-0.15, -0.1) is 23.5 Å². The summed E-state index contributed by atoms with van der Waals surface area (Å²) in [6.07, 6.45) is 2.80. The van der Waals surface area contributed by atoms with Crippen molar-refractivity contribution in [1.29, 1.82) is 0 Å². The number of esters is 2. The molecule has 0 fully saturated rings. The van der Waals surface area contributed by atoms with Crippen molar-refractivity contribution in [3.63, 3.8) is 0 Å². The lowest BCUT2D eigenvalue weighted by molar-refractivity contribution is -0.143. The molecule has 1 N–H and O–H groups in total. The number of carbonyl (C=O) groups excluding carboxylic acids is 2. The van der Waals surface area contributed by atoms with Crippen molar-refractivity contribution in [2.45, 2.75) is 90.9 Å². The van der Waals surface area contributed by atoms with Crippen LogP contribution in [0.15, 0.2) is 70.5 Å². The SMILES string of the molecule is CCOC(=O)CCSc1cc2ccc(CC(C)(C)C)cc2cc1O.CCOC(=O)CCSc1cc2ccc(CC(C)(C)C)cc2cc1OC. The summed E-state index contributed by atoms with van der Waals surface area (Å²) in [6, 6.07) is 21.1. The number of benzene rings is 4. The van der Waals surface area contributed by atoms with Crippen LogP contribution in [-0.2, 0) is 31.9 Å². The number of methoxy groups -OCH3 is 1. The molecule has 266 valence electrons. The Morgan fingerprint density at radius 1 is 0.633 bits per heavy atom. The number of rotatable bonds is 13. The first-order valence-electron chi connectivity index (χ1n) is 17.0. The summed E-state index contributed by atoms with van der Waals surface area (Å²) >= 11 is 3.11. The topological polar surface area (TPSA) is 82.1 Å². The summed E-state index contributed by atoms with van der Waals surface area (Å²) in [4.78, 5) is 24.7. The zero-order valence-corrected chi connectivity index (χ0v) is 32.4. The Kier molecular flexibility index (Phi) is 15.2. The van der Waals surface area contributed by atoms with E-state index < -0.39 is 0 Å². The third kappa shape index (κ3) is 13.8. The maximum Gasteiger partial charge on any atom is 0.306 e. The minimum absolute atomic E-state index is 0.151. The molecule has 0 unspecified atom stereocenters. The average Bonchev–Trinajstić information content (AvgIpc) is 3.00. The largest absolute Gasteiger partial charge is 0.507 e. The van der Waals surface area contributed by atoms with E-state index in [4.69, 9.17) is 14.2 Å². The van der Waals surface area contributed by atoms with Gasteiger partial charge in [-0.3, -0.25) is 9.59 Å². The van der Waals surface area contributed by atoms with E-state index in [0.717, 1.165) is 39.2 Å². The van der Waals surface area contributed by atoms with Crippen LogP contribution in [0.1, 0.15) is 79.4 Å². The molecule has 8 heteroatoms. The van der Waals surface area contributed by atoms with Crippen molar-refractivity contribution in [3.05, 3.63) is 71.8 Å². The van der Waals surface area contributed by atoms with Gasteiger partial charge in [-0.05, 0) is 94.5 Å². The van der Waals surface area contributed by atoms with Crippen molar-refractivity contribution in [3.8, 4) is 11.5 Å². The number of hydrogen-bond acceptors (Lipinski definition) is 8. The van der Waals surface area contributed by atoms with Crippen LogP contribution in [0.4, 0.5) is 0 Å². The zero-order chi connectivity index (χ0) is 36.2. The van der Waals surface area contributed by atoms with Crippen LogP contribution < -0.4 is 4.74 Å². The molecule has 6 nitrogen and oxygen atoms in total. The summed E-state index contributed by atoms with van der Waals surface area (Å²) in [5.74, 6) is 2.06. The number of fused-ring (bicyclic) bond motifs is 2. The summed E-state index contributed by atoms with van der Waals surface area (Å²) in [7, 11) is 1.69. The van der Waals surface area contributed by atoms with Crippen molar-refractivity contribution in [1.82, 2.24) is 0 Å².